The molecule has 0 bridgehead atoms. The zero-order valence-electron chi connectivity index (χ0n) is 13.0. The molecule has 1 aromatic carbocycles. The monoisotopic (exact) mass is 284 g/mol. The number of carbonyl (C=O) groups excluding carboxylic acids is 1. The van der Waals surface area contributed by atoms with Gasteiger partial charge in [-0.15, -0.1) is 0 Å². The molecule has 1 aliphatic carbocycles. The number of carbonyl (C=O) groups is 1. The molecule has 1 aromatic rings. The van der Waals surface area contributed by atoms with Gasteiger partial charge >= 0.3 is 0 Å². The summed E-state index contributed by atoms with van der Waals surface area (Å²) in [6, 6.07) is 11.9. The number of hydrogen-bond acceptors (Lipinski definition) is 2. The molecule has 0 saturated heterocycles. The van der Waals surface area contributed by atoms with E-state index in [9.17, 15) is 10.1 Å². The number of nitrogens with zero attached hydrogens (tertiary/aromatic N) is 2. The average Bonchev–Trinajstić information content (AvgIpc) is 3.00. The first-order valence-electron chi connectivity index (χ1n) is 7.88. The lowest BCUT2D eigenvalue weighted by atomic mass is 9.97. The van der Waals surface area contributed by atoms with E-state index in [-0.39, 0.29) is 5.91 Å². The van der Waals surface area contributed by atoms with Gasteiger partial charge in [-0.3, -0.25) is 4.79 Å². The Hall–Kier alpha value is -1.82. The summed E-state index contributed by atoms with van der Waals surface area (Å²) in [5.41, 5.74) is 0.803. The number of amides is 1. The van der Waals surface area contributed by atoms with Crippen molar-refractivity contribution >= 4 is 5.91 Å². The lowest BCUT2D eigenvalue weighted by Gasteiger charge is -2.32. The van der Waals surface area contributed by atoms with Gasteiger partial charge in [0.15, 0.2) is 0 Å². The molecule has 0 radical (unpaired) electrons. The van der Waals surface area contributed by atoms with E-state index in [1.807, 2.05) is 35.2 Å². The van der Waals surface area contributed by atoms with Gasteiger partial charge < -0.3 is 4.90 Å². The summed E-state index contributed by atoms with van der Waals surface area (Å²) in [5, 5.41) is 9.48. The van der Waals surface area contributed by atoms with Crippen molar-refractivity contribution in [3.63, 3.8) is 0 Å². The molecule has 0 aromatic heterocycles. The Morgan fingerprint density at radius 2 is 1.90 bits per heavy atom. The van der Waals surface area contributed by atoms with Crippen LogP contribution in [-0.4, -0.2) is 23.4 Å². The summed E-state index contributed by atoms with van der Waals surface area (Å²) >= 11 is 0. The van der Waals surface area contributed by atoms with Gasteiger partial charge in [0.1, 0.15) is 5.92 Å². The average molecular weight is 284 g/mol. The van der Waals surface area contributed by atoms with Crippen molar-refractivity contribution in [2.24, 2.45) is 5.92 Å². The van der Waals surface area contributed by atoms with Gasteiger partial charge in [-0.1, -0.05) is 57.0 Å². The molecule has 0 aliphatic heterocycles. The van der Waals surface area contributed by atoms with E-state index in [1.54, 1.807) is 0 Å². The maximum Gasteiger partial charge on any atom is 0.244 e. The van der Waals surface area contributed by atoms with Crippen molar-refractivity contribution < 1.29 is 4.79 Å². The molecule has 21 heavy (non-hydrogen) atoms. The molecule has 112 valence electrons. The number of rotatable bonds is 5. The van der Waals surface area contributed by atoms with Gasteiger partial charge in [0.05, 0.1) is 6.07 Å². The lowest BCUT2D eigenvalue weighted by Crippen LogP contribution is -2.43. The van der Waals surface area contributed by atoms with Crippen molar-refractivity contribution in [3.8, 4) is 6.07 Å². The molecule has 1 saturated carbocycles. The molecule has 1 aliphatic rings. The van der Waals surface area contributed by atoms with E-state index in [2.05, 4.69) is 19.9 Å². The molecule has 1 amide bonds. The molecule has 1 atom stereocenters. The van der Waals surface area contributed by atoms with Crippen LogP contribution in [-0.2, 0) is 4.79 Å². The minimum Gasteiger partial charge on any atom is -0.338 e. The van der Waals surface area contributed by atoms with Gasteiger partial charge in [-0.25, -0.2) is 0 Å². The van der Waals surface area contributed by atoms with Crippen LogP contribution in [0.2, 0.25) is 0 Å². The summed E-state index contributed by atoms with van der Waals surface area (Å²) in [6.07, 6.45) is 4.53. The predicted molar refractivity (Wildman–Crippen MR) is 83.6 cm³/mol. The normalized spacial score (nSPS) is 16.7. The second-order valence-electron chi connectivity index (χ2n) is 6.30. The van der Waals surface area contributed by atoms with Crippen LogP contribution in [0.25, 0.3) is 0 Å². The molecule has 1 fully saturated rings. The SMILES string of the molecule is CC(C)CN(C(=O)C(C#N)c1ccccc1)C1CCCC1. The van der Waals surface area contributed by atoms with Crippen LogP contribution in [0.15, 0.2) is 30.3 Å². The fourth-order valence-electron chi connectivity index (χ4n) is 3.11. The topological polar surface area (TPSA) is 44.1 Å². The van der Waals surface area contributed by atoms with Gasteiger partial charge in [-0.2, -0.15) is 5.26 Å². The molecule has 3 heteroatoms. The first-order chi connectivity index (χ1) is 10.1. The Morgan fingerprint density at radius 3 is 2.43 bits per heavy atom. The fourth-order valence-corrected chi connectivity index (χ4v) is 3.11. The van der Waals surface area contributed by atoms with E-state index in [4.69, 9.17) is 0 Å². The van der Waals surface area contributed by atoms with Crippen LogP contribution < -0.4 is 0 Å². The van der Waals surface area contributed by atoms with Gasteiger partial charge in [0.25, 0.3) is 0 Å². The highest BCUT2D eigenvalue weighted by Crippen LogP contribution is 2.28. The predicted octanol–water partition coefficient (Wildman–Crippen LogP) is 3.72. The van der Waals surface area contributed by atoms with Crippen molar-refractivity contribution in [3.05, 3.63) is 35.9 Å². The third-order valence-corrected chi connectivity index (χ3v) is 4.12. The molecule has 0 heterocycles. The Labute approximate surface area is 127 Å². The fraction of sp³-hybridized carbons (Fsp3) is 0.556. The molecular formula is C18H24N2O. The highest BCUT2D eigenvalue weighted by atomic mass is 16.2. The van der Waals surface area contributed by atoms with Crippen LogP contribution in [0, 0.1) is 17.2 Å². The smallest absolute Gasteiger partial charge is 0.244 e. The largest absolute Gasteiger partial charge is 0.338 e. The molecule has 0 N–H and O–H groups in total. The van der Waals surface area contributed by atoms with Crippen molar-refractivity contribution in [1.82, 2.24) is 4.90 Å². The van der Waals surface area contributed by atoms with Crippen molar-refractivity contribution in [1.29, 1.82) is 5.26 Å². The second kappa shape index (κ2) is 7.26. The van der Waals surface area contributed by atoms with Crippen LogP contribution in [0.1, 0.15) is 51.0 Å². The zero-order chi connectivity index (χ0) is 15.2. The zero-order valence-corrected chi connectivity index (χ0v) is 13.0. The quantitative estimate of drug-likeness (QED) is 0.827. The maximum absolute atomic E-state index is 12.9. The van der Waals surface area contributed by atoms with Gasteiger partial charge in [-0.05, 0) is 24.3 Å². The van der Waals surface area contributed by atoms with E-state index in [1.165, 1.54) is 12.8 Å². The first-order valence-corrected chi connectivity index (χ1v) is 7.88. The van der Waals surface area contributed by atoms with Crippen molar-refractivity contribution in [2.45, 2.75) is 51.5 Å². The van der Waals surface area contributed by atoms with Gasteiger partial charge in [0, 0.05) is 12.6 Å². The third-order valence-electron chi connectivity index (χ3n) is 4.12. The summed E-state index contributed by atoms with van der Waals surface area (Å²) in [7, 11) is 0. The Kier molecular flexibility index (Phi) is 5.38. The van der Waals surface area contributed by atoms with E-state index in [0.29, 0.717) is 12.0 Å². The molecule has 0 spiro atoms. The highest BCUT2D eigenvalue weighted by molar-refractivity contribution is 5.86. The van der Waals surface area contributed by atoms with E-state index >= 15 is 0 Å². The Bertz CT molecular complexity index is 498. The van der Waals surface area contributed by atoms with E-state index < -0.39 is 5.92 Å². The van der Waals surface area contributed by atoms with Gasteiger partial charge in [0.2, 0.25) is 5.91 Å². The molecule has 1 unspecified atom stereocenters. The first kappa shape index (κ1) is 15.6. The number of hydrogen-bond donors (Lipinski definition) is 0. The maximum atomic E-state index is 12.9. The summed E-state index contributed by atoms with van der Waals surface area (Å²) in [4.78, 5) is 14.9. The van der Waals surface area contributed by atoms with Crippen LogP contribution >= 0.6 is 0 Å². The molecular weight excluding hydrogens is 260 g/mol. The summed E-state index contributed by atoms with van der Waals surface area (Å²) in [6.45, 7) is 4.99. The molecule has 2 rings (SSSR count). The van der Waals surface area contributed by atoms with Crippen LogP contribution in [0.5, 0.6) is 0 Å². The third kappa shape index (κ3) is 3.85. The lowest BCUT2D eigenvalue weighted by molar-refractivity contribution is -0.134. The number of benzene rings is 1. The second-order valence-corrected chi connectivity index (χ2v) is 6.30. The standard InChI is InChI=1S/C18H24N2O/c1-14(2)13-20(16-10-6-7-11-16)18(21)17(12-19)15-8-4-3-5-9-15/h3-5,8-9,14,16-17H,6-7,10-11,13H2,1-2H3. The van der Waals surface area contributed by atoms with E-state index in [0.717, 1.165) is 24.9 Å². The minimum atomic E-state index is -0.675. The minimum absolute atomic E-state index is 0.0238. The number of nitriles is 1. The van der Waals surface area contributed by atoms with Crippen molar-refractivity contribution in [2.75, 3.05) is 6.54 Å². The van der Waals surface area contributed by atoms with Crippen LogP contribution in [0.3, 0.4) is 0 Å². The Balaban J connectivity index is 2.21. The Morgan fingerprint density at radius 1 is 1.29 bits per heavy atom. The summed E-state index contributed by atoms with van der Waals surface area (Å²) in [5.74, 6) is -0.278. The van der Waals surface area contributed by atoms with Crippen LogP contribution in [0.4, 0.5) is 0 Å². The highest BCUT2D eigenvalue weighted by Gasteiger charge is 2.32. The summed E-state index contributed by atoms with van der Waals surface area (Å²) < 4.78 is 0. The molecule has 3 nitrogen and oxygen atoms in total.